The Labute approximate surface area is 196 Å². The minimum Gasteiger partial charge on any atom is -0.283 e. The van der Waals surface area contributed by atoms with Crippen LogP contribution in [0.1, 0.15) is 0 Å². The highest BCUT2D eigenvalue weighted by Gasteiger charge is 2.39. The van der Waals surface area contributed by atoms with Crippen LogP contribution < -0.4 is 3.71 Å². The van der Waals surface area contributed by atoms with Crippen molar-refractivity contribution in [2.45, 2.75) is 9.79 Å². The van der Waals surface area contributed by atoms with Crippen molar-refractivity contribution < 1.29 is 16.8 Å². The molecule has 0 radical (unpaired) electrons. The molecular weight excluding hydrogens is 472 g/mol. The van der Waals surface area contributed by atoms with Crippen LogP contribution in [0.2, 0.25) is 0 Å². The molecule has 0 N–H and O–H groups in total. The molecule has 0 saturated heterocycles. The lowest BCUT2D eigenvalue weighted by atomic mass is 10.2. The lowest BCUT2D eigenvalue weighted by molar-refractivity contribution is 0.584. The van der Waals surface area contributed by atoms with Gasteiger partial charge in [0, 0.05) is 24.0 Å². The topological polar surface area (TPSA) is 102 Å². The van der Waals surface area contributed by atoms with E-state index in [1.807, 2.05) is 0 Å². The highest BCUT2D eigenvalue weighted by molar-refractivity contribution is 8.10. The van der Waals surface area contributed by atoms with Gasteiger partial charge in [-0.2, -0.15) is 3.71 Å². The predicted molar refractivity (Wildman–Crippen MR) is 129 cm³/mol. The van der Waals surface area contributed by atoms with Crippen molar-refractivity contribution in [1.29, 1.82) is 0 Å². The van der Waals surface area contributed by atoms with E-state index >= 15 is 0 Å². The first-order valence-corrected chi connectivity index (χ1v) is 13.1. The number of rotatable bonds is 6. The van der Waals surface area contributed by atoms with Gasteiger partial charge in [-0.05, 0) is 36.4 Å². The Kier molecular flexibility index (Phi) is 5.39. The van der Waals surface area contributed by atoms with Gasteiger partial charge in [-0.25, -0.2) is 26.8 Å². The number of nitrogens with zero attached hydrogens (tertiary/aromatic N) is 4. The van der Waals surface area contributed by atoms with Crippen molar-refractivity contribution in [1.82, 2.24) is 14.5 Å². The standard InChI is InChI=1S/C24H18N4O4S2/c29-33(30,19-10-3-1-4-11-19)28(34(31,32)20-12-5-2-6-13-20)23-18-27(24-25-16-9-17-26-24)22-15-8-7-14-21(22)23/h1-18H. The second-order valence-corrected chi connectivity index (χ2v) is 11.1. The second-order valence-electron chi connectivity index (χ2n) is 7.28. The van der Waals surface area contributed by atoms with Gasteiger partial charge < -0.3 is 0 Å². The smallest absolute Gasteiger partial charge is 0.277 e. The summed E-state index contributed by atoms with van der Waals surface area (Å²) in [5, 5.41) is 0.411. The van der Waals surface area contributed by atoms with E-state index in [1.165, 1.54) is 30.5 Å². The van der Waals surface area contributed by atoms with Gasteiger partial charge in [0.05, 0.1) is 21.0 Å². The maximum Gasteiger partial charge on any atom is 0.277 e. The van der Waals surface area contributed by atoms with Crippen molar-refractivity contribution >= 4 is 36.6 Å². The summed E-state index contributed by atoms with van der Waals surface area (Å²) in [5.74, 6) is 0.277. The number of aromatic nitrogens is 3. The molecule has 8 nitrogen and oxygen atoms in total. The zero-order valence-electron chi connectivity index (χ0n) is 17.6. The van der Waals surface area contributed by atoms with Crippen molar-refractivity contribution in [2.75, 3.05) is 3.71 Å². The Morgan fingerprint density at radius 3 is 1.68 bits per heavy atom. The molecule has 0 aliphatic carbocycles. The van der Waals surface area contributed by atoms with Crippen LogP contribution in [0.4, 0.5) is 5.69 Å². The molecule has 170 valence electrons. The van der Waals surface area contributed by atoms with Gasteiger partial charge in [-0.1, -0.05) is 54.6 Å². The van der Waals surface area contributed by atoms with Gasteiger partial charge in [0.2, 0.25) is 5.95 Å². The Morgan fingerprint density at radius 2 is 1.12 bits per heavy atom. The molecule has 0 saturated carbocycles. The van der Waals surface area contributed by atoms with Crippen LogP contribution >= 0.6 is 0 Å². The number of hydrogen-bond acceptors (Lipinski definition) is 6. The molecule has 0 spiro atoms. The van der Waals surface area contributed by atoms with Gasteiger partial charge >= 0.3 is 0 Å². The molecular formula is C24H18N4O4S2. The maximum atomic E-state index is 13.8. The molecule has 0 atom stereocenters. The molecule has 0 aliphatic heterocycles. The summed E-state index contributed by atoms with van der Waals surface area (Å²) in [7, 11) is -9.06. The highest BCUT2D eigenvalue weighted by atomic mass is 32.3. The first-order valence-electron chi connectivity index (χ1n) is 10.2. The number of anilines is 1. The average Bonchev–Trinajstić information content (AvgIpc) is 3.24. The minimum atomic E-state index is -4.53. The second kappa shape index (κ2) is 8.40. The highest BCUT2D eigenvalue weighted by Crippen LogP contribution is 2.37. The van der Waals surface area contributed by atoms with E-state index in [0.29, 0.717) is 14.6 Å². The van der Waals surface area contributed by atoms with Crippen LogP contribution in [0.25, 0.3) is 16.9 Å². The van der Waals surface area contributed by atoms with E-state index < -0.39 is 20.0 Å². The third-order valence-corrected chi connectivity index (χ3v) is 9.35. The van der Waals surface area contributed by atoms with Gasteiger partial charge in [-0.15, -0.1) is 0 Å². The van der Waals surface area contributed by atoms with E-state index in [9.17, 15) is 16.8 Å². The van der Waals surface area contributed by atoms with Crippen LogP contribution in [0.5, 0.6) is 0 Å². The molecule has 5 rings (SSSR count). The summed E-state index contributed by atoms with van der Waals surface area (Å²) in [6, 6.07) is 23.5. The van der Waals surface area contributed by atoms with Crippen molar-refractivity contribution in [3.05, 3.63) is 110 Å². The predicted octanol–water partition coefficient (Wildman–Crippen LogP) is 4.00. The first-order chi connectivity index (χ1) is 16.4. The van der Waals surface area contributed by atoms with Gasteiger partial charge in [0.25, 0.3) is 20.0 Å². The quantitative estimate of drug-likeness (QED) is 0.356. The Balaban J connectivity index is 1.84. The molecule has 2 aromatic heterocycles. The molecule has 10 heteroatoms. The fourth-order valence-corrected chi connectivity index (χ4v) is 7.40. The summed E-state index contributed by atoms with van der Waals surface area (Å²) in [4.78, 5) is 8.19. The molecule has 0 bridgehead atoms. The van der Waals surface area contributed by atoms with E-state index in [-0.39, 0.29) is 21.4 Å². The monoisotopic (exact) mass is 490 g/mol. The van der Waals surface area contributed by atoms with Crippen molar-refractivity contribution in [3.8, 4) is 5.95 Å². The minimum absolute atomic E-state index is 0.0317. The van der Waals surface area contributed by atoms with Crippen LogP contribution in [0.3, 0.4) is 0 Å². The Morgan fingerprint density at radius 1 is 0.618 bits per heavy atom. The normalized spacial score (nSPS) is 12.0. The van der Waals surface area contributed by atoms with Crippen molar-refractivity contribution in [3.63, 3.8) is 0 Å². The summed E-state index contributed by atoms with van der Waals surface area (Å²) >= 11 is 0. The number of fused-ring (bicyclic) bond motifs is 1. The maximum absolute atomic E-state index is 13.8. The summed E-state index contributed by atoms with van der Waals surface area (Å²) in [6.45, 7) is 0. The molecule has 3 aromatic carbocycles. The van der Waals surface area contributed by atoms with E-state index in [0.717, 1.165) is 0 Å². The summed E-state index contributed by atoms with van der Waals surface area (Å²) < 4.78 is 57.5. The fraction of sp³-hybridized carbons (Fsp3) is 0. The van der Waals surface area contributed by atoms with Crippen molar-refractivity contribution in [2.24, 2.45) is 0 Å². The molecule has 0 unspecified atom stereocenters. The Hall–Kier alpha value is -4.02. The Bertz CT molecular complexity index is 1600. The molecule has 34 heavy (non-hydrogen) atoms. The van der Waals surface area contributed by atoms with Crippen LogP contribution in [-0.4, -0.2) is 31.4 Å². The van der Waals surface area contributed by atoms with Gasteiger partial charge in [-0.3, -0.25) is 4.57 Å². The largest absolute Gasteiger partial charge is 0.283 e. The summed E-state index contributed by atoms with van der Waals surface area (Å²) in [6.07, 6.45) is 4.53. The molecule has 0 aliphatic rings. The number of hydrogen-bond donors (Lipinski definition) is 0. The molecule has 5 aromatic rings. The average molecular weight is 491 g/mol. The first kappa shape index (κ1) is 21.8. The number of benzene rings is 3. The lowest BCUT2D eigenvalue weighted by Gasteiger charge is -2.23. The molecule has 0 amide bonds. The van der Waals surface area contributed by atoms with Crippen LogP contribution in [0.15, 0.2) is 119 Å². The third-order valence-electron chi connectivity index (χ3n) is 5.17. The van der Waals surface area contributed by atoms with Gasteiger partial charge in [0.15, 0.2) is 0 Å². The zero-order chi connectivity index (χ0) is 23.8. The van der Waals surface area contributed by atoms with Crippen LogP contribution in [0, 0.1) is 0 Å². The zero-order valence-corrected chi connectivity index (χ0v) is 19.3. The van der Waals surface area contributed by atoms with E-state index in [1.54, 1.807) is 83.7 Å². The number of sulfonamides is 2. The lowest BCUT2D eigenvalue weighted by Crippen LogP contribution is -2.37. The van der Waals surface area contributed by atoms with E-state index in [4.69, 9.17) is 0 Å². The fourth-order valence-electron chi connectivity index (χ4n) is 3.65. The number of para-hydroxylation sites is 1. The molecule has 0 fully saturated rings. The van der Waals surface area contributed by atoms with Crippen LogP contribution in [-0.2, 0) is 20.0 Å². The third kappa shape index (κ3) is 3.62. The SMILES string of the molecule is O=S(=O)(c1ccccc1)N(c1cn(-c2ncccn2)c2ccccc12)S(=O)(=O)c1ccccc1. The van der Waals surface area contributed by atoms with E-state index in [2.05, 4.69) is 9.97 Å². The summed E-state index contributed by atoms with van der Waals surface area (Å²) in [5.41, 5.74) is 0.524. The molecule has 2 heterocycles. The van der Waals surface area contributed by atoms with Gasteiger partial charge in [0.1, 0.15) is 0 Å².